The summed E-state index contributed by atoms with van der Waals surface area (Å²) in [4.78, 5) is 42.9. The maximum atomic E-state index is 13.7. The van der Waals surface area contributed by atoms with Crippen LogP contribution < -0.4 is 4.90 Å². The number of hydrogen-bond acceptors (Lipinski definition) is 3. The van der Waals surface area contributed by atoms with Crippen molar-refractivity contribution < 1.29 is 14.4 Å². The van der Waals surface area contributed by atoms with Gasteiger partial charge in [0.25, 0.3) is 11.8 Å². The third-order valence-corrected chi connectivity index (χ3v) is 6.46. The number of aryl methyl sites for hydroxylation is 1. The Morgan fingerprint density at radius 2 is 1.69 bits per heavy atom. The molecule has 1 saturated heterocycles. The van der Waals surface area contributed by atoms with Gasteiger partial charge in [0.05, 0.1) is 18.2 Å². The number of benzene rings is 3. The number of nitrogens with zero attached hydrogens (tertiary/aromatic N) is 2. The molecule has 3 amide bonds. The largest absolute Gasteiger partial charge is 0.319 e. The van der Waals surface area contributed by atoms with Crippen molar-refractivity contribution in [1.29, 1.82) is 0 Å². The summed E-state index contributed by atoms with van der Waals surface area (Å²) in [5.74, 6) is -0.941. The van der Waals surface area contributed by atoms with E-state index in [-0.39, 0.29) is 30.2 Å². The monoisotopic (exact) mass is 538 g/mol. The zero-order valence-electron chi connectivity index (χ0n) is 17.9. The van der Waals surface area contributed by atoms with Crippen LogP contribution in [0.25, 0.3) is 0 Å². The van der Waals surface area contributed by atoms with Gasteiger partial charge in [0.15, 0.2) is 0 Å². The molecule has 1 heterocycles. The van der Waals surface area contributed by atoms with Gasteiger partial charge in [-0.1, -0.05) is 48.0 Å². The van der Waals surface area contributed by atoms with E-state index in [1.54, 1.807) is 23.1 Å². The van der Waals surface area contributed by atoms with E-state index in [1.165, 1.54) is 4.90 Å². The molecule has 0 bridgehead atoms. The van der Waals surface area contributed by atoms with E-state index in [2.05, 4.69) is 22.6 Å². The zero-order valence-corrected chi connectivity index (χ0v) is 20.0. The first-order valence-corrected chi connectivity index (χ1v) is 11.5. The lowest BCUT2D eigenvalue weighted by Gasteiger charge is -2.33. The van der Waals surface area contributed by atoms with Crippen molar-refractivity contribution in [3.05, 3.63) is 99.1 Å². The minimum atomic E-state index is -0.870. The second-order valence-electron chi connectivity index (χ2n) is 7.93. The molecule has 1 aliphatic heterocycles. The molecule has 0 aromatic heterocycles. The molecule has 0 N–H and O–H groups in total. The fourth-order valence-electron chi connectivity index (χ4n) is 4.10. The number of rotatable bonds is 5. The first-order chi connectivity index (χ1) is 15.4. The van der Waals surface area contributed by atoms with Crippen LogP contribution in [0.15, 0.2) is 78.9 Å². The Balaban J connectivity index is 1.74. The van der Waals surface area contributed by atoms with Gasteiger partial charge in [0.1, 0.15) is 6.04 Å². The minimum absolute atomic E-state index is 0.0421. The number of carbonyl (C=O) groups excluding carboxylic acids is 3. The van der Waals surface area contributed by atoms with Gasteiger partial charge in [-0.25, -0.2) is 4.90 Å². The van der Waals surface area contributed by atoms with Crippen molar-refractivity contribution in [2.45, 2.75) is 32.4 Å². The second-order valence-corrected chi connectivity index (χ2v) is 9.18. The van der Waals surface area contributed by atoms with Crippen LogP contribution in [-0.2, 0) is 9.59 Å². The smallest absolute Gasteiger partial charge is 0.257 e. The third kappa shape index (κ3) is 4.32. The summed E-state index contributed by atoms with van der Waals surface area (Å²) in [5.41, 5.74) is 2.89. The van der Waals surface area contributed by atoms with Gasteiger partial charge >= 0.3 is 0 Å². The van der Waals surface area contributed by atoms with Gasteiger partial charge in [0, 0.05) is 9.13 Å². The highest BCUT2D eigenvalue weighted by Gasteiger charge is 2.46. The predicted molar refractivity (Wildman–Crippen MR) is 132 cm³/mol. The summed E-state index contributed by atoms with van der Waals surface area (Å²) < 4.78 is 1.01. The Bertz CT molecular complexity index is 1160. The summed E-state index contributed by atoms with van der Waals surface area (Å²) in [6, 6.07) is 22.8. The fraction of sp³-hybridized carbons (Fsp3) is 0.192. The van der Waals surface area contributed by atoms with Gasteiger partial charge in [-0.15, -0.1) is 0 Å². The molecule has 3 aromatic rings. The Morgan fingerprint density at radius 3 is 2.34 bits per heavy atom. The van der Waals surface area contributed by atoms with Crippen LogP contribution in [0.4, 0.5) is 5.69 Å². The van der Waals surface area contributed by atoms with Gasteiger partial charge in [-0.2, -0.15) is 0 Å². The molecule has 0 aliphatic carbocycles. The second kappa shape index (κ2) is 9.24. The van der Waals surface area contributed by atoms with Gasteiger partial charge in [-0.05, 0) is 78.4 Å². The summed E-state index contributed by atoms with van der Waals surface area (Å²) in [6.45, 7) is 3.82. The normalized spacial score (nSPS) is 16.8. The van der Waals surface area contributed by atoms with Crippen molar-refractivity contribution in [1.82, 2.24) is 4.90 Å². The van der Waals surface area contributed by atoms with Crippen molar-refractivity contribution in [2.24, 2.45) is 0 Å². The summed E-state index contributed by atoms with van der Waals surface area (Å²) in [6.07, 6.45) is -0.0421. The number of hydrogen-bond donors (Lipinski definition) is 0. The molecule has 3 aromatic carbocycles. The number of halogens is 1. The van der Waals surface area contributed by atoms with Crippen LogP contribution in [0, 0.1) is 10.5 Å². The molecule has 2 unspecified atom stereocenters. The highest BCUT2D eigenvalue weighted by Crippen LogP contribution is 2.32. The van der Waals surface area contributed by atoms with Gasteiger partial charge < -0.3 is 4.90 Å². The van der Waals surface area contributed by atoms with E-state index in [4.69, 9.17) is 0 Å². The third-order valence-electron chi connectivity index (χ3n) is 5.74. The highest BCUT2D eigenvalue weighted by molar-refractivity contribution is 14.1. The quantitative estimate of drug-likeness (QED) is 0.334. The number of imide groups is 1. The SMILES string of the molecule is Cc1cccc(C(=O)N(C2CC(=O)N(c3ccc(I)cc3)C2=O)C(C)c2ccccc2)c1. The molecule has 4 rings (SSSR count). The van der Waals surface area contributed by atoms with Crippen molar-refractivity contribution in [3.63, 3.8) is 0 Å². The lowest BCUT2D eigenvalue weighted by atomic mass is 10.0. The van der Waals surface area contributed by atoms with Crippen molar-refractivity contribution in [3.8, 4) is 0 Å². The predicted octanol–water partition coefficient (Wildman–Crippen LogP) is 5.14. The average Bonchev–Trinajstić information content (AvgIpc) is 3.08. The van der Waals surface area contributed by atoms with Crippen molar-refractivity contribution >= 4 is 46.0 Å². The molecule has 5 nitrogen and oxygen atoms in total. The molecule has 6 heteroatoms. The number of carbonyl (C=O) groups is 3. The van der Waals surface area contributed by atoms with E-state index >= 15 is 0 Å². The van der Waals surface area contributed by atoms with E-state index in [0.29, 0.717) is 11.3 Å². The van der Waals surface area contributed by atoms with Crippen LogP contribution in [-0.4, -0.2) is 28.7 Å². The Morgan fingerprint density at radius 1 is 1.00 bits per heavy atom. The Labute approximate surface area is 201 Å². The Kier molecular flexibility index (Phi) is 6.41. The molecule has 1 aliphatic rings. The zero-order chi connectivity index (χ0) is 22.8. The van der Waals surface area contributed by atoms with E-state index in [1.807, 2.05) is 74.5 Å². The molecular formula is C26H23IN2O3. The van der Waals surface area contributed by atoms with Crippen LogP contribution in [0.2, 0.25) is 0 Å². The molecule has 0 spiro atoms. The van der Waals surface area contributed by atoms with Crippen LogP contribution in [0.3, 0.4) is 0 Å². The maximum Gasteiger partial charge on any atom is 0.257 e. The van der Waals surface area contributed by atoms with Gasteiger partial charge in [0.2, 0.25) is 5.91 Å². The summed E-state index contributed by atoms with van der Waals surface area (Å²) >= 11 is 2.18. The molecule has 0 radical (unpaired) electrons. The minimum Gasteiger partial charge on any atom is -0.319 e. The summed E-state index contributed by atoms with van der Waals surface area (Å²) in [7, 11) is 0. The average molecular weight is 538 g/mol. The molecule has 32 heavy (non-hydrogen) atoms. The Hall–Kier alpha value is -3.00. The molecule has 2 atom stereocenters. The first-order valence-electron chi connectivity index (χ1n) is 10.4. The molecule has 162 valence electrons. The van der Waals surface area contributed by atoms with Crippen LogP contribution in [0.5, 0.6) is 0 Å². The fourth-order valence-corrected chi connectivity index (χ4v) is 4.46. The molecular weight excluding hydrogens is 515 g/mol. The highest BCUT2D eigenvalue weighted by atomic mass is 127. The van der Waals surface area contributed by atoms with Crippen molar-refractivity contribution in [2.75, 3.05) is 4.90 Å². The van der Waals surface area contributed by atoms with Crippen LogP contribution >= 0.6 is 22.6 Å². The lowest BCUT2D eigenvalue weighted by Crippen LogP contribution is -2.46. The maximum absolute atomic E-state index is 13.7. The first kappa shape index (κ1) is 22.2. The molecule has 1 fully saturated rings. The lowest BCUT2D eigenvalue weighted by molar-refractivity contribution is -0.122. The topological polar surface area (TPSA) is 57.7 Å². The van der Waals surface area contributed by atoms with E-state index in [0.717, 1.165) is 14.7 Å². The number of amides is 3. The number of anilines is 1. The molecule has 0 saturated carbocycles. The van der Waals surface area contributed by atoms with Crippen LogP contribution in [0.1, 0.15) is 40.9 Å². The van der Waals surface area contributed by atoms with E-state index in [9.17, 15) is 14.4 Å². The van der Waals surface area contributed by atoms with Gasteiger partial charge in [-0.3, -0.25) is 14.4 Å². The standard InChI is InChI=1S/C26H23IN2O3/c1-17-7-6-10-20(15-17)25(31)28(18(2)19-8-4-3-5-9-19)23-16-24(30)29(26(23)32)22-13-11-21(27)12-14-22/h3-15,18,23H,16H2,1-2H3. The van der Waals surface area contributed by atoms with E-state index < -0.39 is 6.04 Å². The summed E-state index contributed by atoms with van der Waals surface area (Å²) in [5, 5.41) is 0.